The van der Waals surface area contributed by atoms with Crippen molar-refractivity contribution in [2.75, 3.05) is 26.2 Å². The Morgan fingerprint density at radius 2 is 1.56 bits per heavy atom. The van der Waals surface area contributed by atoms with Gasteiger partial charge in [-0.15, -0.1) is 0 Å². The highest BCUT2D eigenvalue weighted by Gasteiger charge is 2.29. The Morgan fingerprint density at radius 3 is 2.12 bits per heavy atom. The number of carbonyl (C=O) groups excluding carboxylic acids is 1. The van der Waals surface area contributed by atoms with E-state index in [1.807, 2.05) is 42.5 Å². The SMILES string of the molecule is N#C/C(=C/NCc1cccc(F)c1)C(=O)N1CCN(C(c2ccccc2)c2ccccc2)CC1. The summed E-state index contributed by atoms with van der Waals surface area (Å²) in [5.74, 6) is -0.605. The zero-order valence-electron chi connectivity index (χ0n) is 18.9. The highest BCUT2D eigenvalue weighted by molar-refractivity contribution is 5.97. The van der Waals surface area contributed by atoms with E-state index in [0.29, 0.717) is 32.7 Å². The second-order valence-electron chi connectivity index (χ2n) is 8.23. The van der Waals surface area contributed by atoms with Crippen LogP contribution in [0.5, 0.6) is 0 Å². The van der Waals surface area contributed by atoms with E-state index in [9.17, 15) is 14.4 Å². The van der Waals surface area contributed by atoms with Crippen molar-refractivity contribution in [1.82, 2.24) is 15.1 Å². The fraction of sp³-hybridized carbons (Fsp3) is 0.214. The van der Waals surface area contributed by atoms with Gasteiger partial charge in [-0.2, -0.15) is 5.26 Å². The summed E-state index contributed by atoms with van der Waals surface area (Å²) >= 11 is 0. The van der Waals surface area contributed by atoms with Crippen molar-refractivity contribution in [1.29, 1.82) is 5.26 Å². The minimum Gasteiger partial charge on any atom is -0.386 e. The molecule has 0 spiro atoms. The van der Waals surface area contributed by atoms with Crippen LogP contribution in [0.3, 0.4) is 0 Å². The molecule has 6 heteroatoms. The quantitative estimate of drug-likeness (QED) is 0.428. The molecule has 0 saturated carbocycles. The number of nitriles is 1. The van der Waals surface area contributed by atoms with Crippen molar-refractivity contribution in [2.45, 2.75) is 12.6 Å². The highest BCUT2D eigenvalue weighted by atomic mass is 19.1. The van der Waals surface area contributed by atoms with Crippen molar-refractivity contribution >= 4 is 5.91 Å². The maximum Gasteiger partial charge on any atom is 0.266 e. The van der Waals surface area contributed by atoms with Crippen LogP contribution in [0.25, 0.3) is 0 Å². The third kappa shape index (κ3) is 5.69. The molecule has 34 heavy (non-hydrogen) atoms. The van der Waals surface area contributed by atoms with Crippen molar-refractivity contribution < 1.29 is 9.18 Å². The Labute approximate surface area is 199 Å². The first kappa shape index (κ1) is 23.2. The summed E-state index contributed by atoms with van der Waals surface area (Å²) in [6.07, 6.45) is 1.43. The van der Waals surface area contributed by atoms with Crippen LogP contribution < -0.4 is 5.32 Å². The molecule has 1 aliphatic rings. The number of nitrogens with zero attached hydrogens (tertiary/aromatic N) is 3. The van der Waals surface area contributed by atoms with Crippen molar-refractivity contribution in [2.24, 2.45) is 0 Å². The van der Waals surface area contributed by atoms with Crippen LogP contribution in [-0.2, 0) is 11.3 Å². The average molecular weight is 455 g/mol. The van der Waals surface area contributed by atoms with E-state index in [4.69, 9.17) is 0 Å². The normalized spacial score (nSPS) is 14.6. The minimum absolute atomic E-state index is 0.0486. The highest BCUT2D eigenvalue weighted by Crippen LogP contribution is 2.29. The molecule has 3 aromatic rings. The second-order valence-corrected chi connectivity index (χ2v) is 8.23. The van der Waals surface area contributed by atoms with E-state index in [0.717, 1.165) is 5.56 Å². The molecule has 1 saturated heterocycles. The van der Waals surface area contributed by atoms with Gasteiger partial charge in [0.25, 0.3) is 5.91 Å². The van der Waals surface area contributed by atoms with Crippen LogP contribution in [0, 0.1) is 17.1 Å². The van der Waals surface area contributed by atoms with Gasteiger partial charge in [-0.05, 0) is 28.8 Å². The Kier molecular flexibility index (Phi) is 7.69. The topological polar surface area (TPSA) is 59.4 Å². The fourth-order valence-electron chi connectivity index (χ4n) is 4.30. The third-order valence-electron chi connectivity index (χ3n) is 5.99. The van der Waals surface area contributed by atoms with Gasteiger partial charge in [0.1, 0.15) is 17.5 Å². The molecule has 3 aromatic carbocycles. The molecule has 172 valence electrons. The summed E-state index contributed by atoms with van der Waals surface area (Å²) in [5.41, 5.74) is 3.22. The molecule has 0 aromatic heterocycles. The Hall–Kier alpha value is -3.95. The van der Waals surface area contributed by atoms with Crippen LogP contribution in [0.1, 0.15) is 22.7 Å². The van der Waals surface area contributed by atoms with Gasteiger partial charge >= 0.3 is 0 Å². The van der Waals surface area contributed by atoms with Crippen molar-refractivity contribution in [3.63, 3.8) is 0 Å². The maximum atomic E-state index is 13.3. The molecule has 1 fully saturated rings. The molecule has 1 aliphatic heterocycles. The van der Waals surface area contributed by atoms with Gasteiger partial charge in [-0.25, -0.2) is 4.39 Å². The molecule has 4 rings (SSSR count). The first-order valence-electron chi connectivity index (χ1n) is 11.4. The molecule has 0 radical (unpaired) electrons. The summed E-state index contributed by atoms with van der Waals surface area (Å²) in [6.45, 7) is 2.82. The lowest BCUT2D eigenvalue weighted by Gasteiger charge is -2.39. The summed E-state index contributed by atoms with van der Waals surface area (Å²) in [7, 11) is 0. The molecule has 5 nitrogen and oxygen atoms in total. The van der Waals surface area contributed by atoms with Crippen LogP contribution >= 0.6 is 0 Å². The third-order valence-corrected chi connectivity index (χ3v) is 5.99. The monoisotopic (exact) mass is 454 g/mol. The largest absolute Gasteiger partial charge is 0.386 e. The van der Waals surface area contributed by atoms with Gasteiger partial charge in [-0.3, -0.25) is 9.69 Å². The number of benzene rings is 3. The van der Waals surface area contributed by atoms with Crippen LogP contribution in [0.4, 0.5) is 4.39 Å². The number of carbonyl (C=O) groups is 1. The molecular weight excluding hydrogens is 427 g/mol. The lowest BCUT2D eigenvalue weighted by atomic mass is 9.96. The predicted octanol–water partition coefficient (Wildman–Crippen LogP) is 4.26. The van der Waals surface area contributed by atoms with E-state index in [1.54, 1.807) is 17.0 Å². The van der Waals surface area contributed by atoms with E-state index in [-0.39, 0.29) is 23.3 Å². The Balaban J connectivity index is 1.40. The van der Waals surface area contributed by atoms with E-state index >= 15 is 0 Å². The average Bonchev–Trinajstić information content (AvgIpc) is 2.88. The Morgan fingerprint density at radius 1 is 0.941 bits per heavy atom. The van der Waals surface area contributed by atoms with Gasteiger partial charge in [0.2, 0.25) is 0 Å². The minimum atomic E-state index is -0.318. The maximum absolute atomic E-state index is 13.3. The fourth-order valence-corrected chi connectivity index (χ4v) is 4.30. The van der Waals surface area contributed by atoms with Gasteiger partial charge < -0.3 is 10.2 Å². The number of hydrogen-bond donors (Lipinski definition) is 1. The number of hydrogen-bond acceptors (Lipinski definition) is 4. The Bertz CT molecular complexity index is 1130. The summed E-state index contributed by atoms with van der Waals surface area (Å²) in [5, 5.41) is 12.5. The van der Waals surface area contributed by atoms with Crippen molar-refractivity contribution in [3.05, 3.63) is 119 Å². The van der Waals surface area contributed by atoms with Crippen LogP contribution in [-0.4, -0.2) is 41.9 Å². The first-order chi connectivity index (χ1) is 16.7. The lowest BCUT2D eigenvalue weighted by molar-refractivity contribution is -0.128. The second kappa shape index (κ2) is 11.3. The van der Waals surface area contributed by atoms with E-state index in [1.165, 1.54) is 29.5 Å². The zero-order valence-corrected chi connectivity index (χ0v) is 18.9. The van der Waals surface area contributed by atoms with Gasteiger partial charge in [0.05, 0.1) is 6.04 Å². The van der Waals surface area contributed by atoms with Gasteiger partial charge in [0.15, 0.2) is 0 Å². The van der Waals surface area contributed by atoms with E-state index in [2.05, 4.69) is 34.5 Å². The van der Waals surface area contributed by atoms with E-state index < -0.39 is 0 Å². The number of piperazine rings is 1. The van der Waals surface area contributed by atoms with Crippen molar-refractivity contribution in [3.8, 4) is 6.07 Å². The molecule has 1 N–H and O–H groups in total. The summed E-state index contributed by atoms with van der Waals surface area (Å²) in [6, 6.07) is 29.1. The molecule has 1 amide bonds. The first-order valence-corrected chi connectivity index (χ1v) is 11.4. The van der Waals surface area contributed by atoms with Crippen LogP contribution in [0.15, 0.2) is 96.7 Å². The molecule has 0 unspecified atom stereocenters. The molecule has 0 atom stereocenters. The number of rotatable bonds is 7. The standard InChI is InChI=1S/C28H27FN4O/c29-26-13-7-8-22(18-26)20-31-21-25(19-30)28(34)33-16-14-32(15-17-33)27(23-9-3-1-4-10-23)24-11-5-2-6-12-24/h1-13,18,21,27,31H,14-17,20H2/b25-21-. The lowest BCUT2D eigenvalue weighted by Crippen LogP contribution is -2.50. The molecule has 0 aliphatic carbocycles. The number of halogens is 1. The van der Waals surface area contributed by atoms with Crippen LogP contribution in [0.2, 0.25) is 0 Å². The number of nitrogens with one attached hydrogen (secondary N) is 1. The predicted molar refractivity (Wildman–Crippen MR) is 130 cm³/mol. The van der Waals surface area contributed by atoms with Gasteiger partial charge in [0, 0.05) is 38.9 Å². The summed E-state index contributed by atoms with van der Waals surface area (Å²) < 4.78 is 13.3. The zero-order chi connectivity index (χ0) is 23.8. The molecular formula is C28H27FN4O. The van der Waals surface area contributed by atoms with Gasteiger partial charge in [-0.1, -0.05) is 72.8 Å². The molecule has 1 heterocycles. The number of amides is 1. The smallest absolute Gasteiger partial charge is 0.266 e. The molecule has 0 bridgehead atoms. The summed E-state index contributed by atoms with van der Waals surface area (Å²) in [4.78, 5) is 17.1.